The van der Waals surface area contributed by atoms with Gasteiger partial charge in [-0.15, -0.1) is 0 Å². The van der Waals surface area contributed by atoms with Crippen molar-refractivity contribution in [1.29, 1.82) is 0 Å². The first-order chi connectivity index (χ1) is 7.53. The number of nitrogens with zero attached hydrogens (tertiary/aromatic N) is 1. The molecule has 0 aliphatic heterocycles. The van der Waals surface area contributed by atoms with Gasteiger partial charge >= 0.3 is 5.97 Å². The Labute approximate surface area is 94.3 Å². The van der Waals surface area contributed by atoms with E-state index in [1.807, 2.05) is 19.9 Å². The smallest absolute Gasteiger partial charge is 0.313 e. The lowest BCUT2D eigenvalue weighted by atomic mass is 10.1. The molecule has 1 aliphatic rings. The van der Waals surface area contributed by atoms with Crippen LogP contribution in [0.3, 0.4) is 0 Å². The van der Waals surface area contributed by atoms with Crippen LogP contribution in [-0.2, 0) is 4.79 Å². The minimum absolute atomic E-state index is 0.220. The molecular weight excluding hydrogens is 206 g/mol. The van der Waals surface area contributed by atoms with E-state index in [0.29, 0.717) is 18.7 Å². The van der Waals surface area contributed by atoms with Crippen molar-refractivity contribution in [3.8, 4) is 5.88 Å². The summed E-state index contributed by atoms with van der Waals surface area (Å²) in [4.78, 5) is 15.0. The highest BCUT2D eigenvalue weighted by Gasteiger charge is 2.51. The van der Waals surface area contributed by atoms with E-state index in [2.05, 4.69) is 4.98 Å². The molecule has 0 aromatic carbocycles. The fraction of sp³-hybridized carbons (Fsp3) is 0.500. The summed E-state index contributed by atoms with van der Waals surface area (Å²) in [6, 6.07) is 1.84. The molecule has 0 bridgehead atoms. The molecular formula is C12H15NO3. The van der Waals surface area contributed by atoms with E-state index < -0.39 is 11.4 Å². The van der Waals surface area contributed by atoms with Gasteiger partial charge < -0.3 is 9.84 Å². The first-order valence-electron chi connectivity index (χ1n) is 5.33. The van der Waals surface area contributed by atoms with Gasteiger partial charge in [0.05, 0.1) is 0 Å². The van der Waals surface area contributed by atoms with E-state index in [1.54, 1.807) is 6.20 Å². The quantitative estimate of drug-likeness (QED) is 0.844. The van der Waals surface area contributed by atoms with Crippen LogP contribution >= 0.6 is 0 Å². The summed E-state index contributed by atoms with van der Waals surface area (Å²) in [6.45, 7) is 4.18. The van der Waals surface area contributed by atoms with E-state index in [-0.39, 0.29) is 6.61 Å². The number of aryl methyl sites for hydroxylation is 2. The Kier molecular flexibility index (Phi) is 2.58. The molecule has 0 atom stereocenters. The van der Waals surface area contributed by atoms with Gasteiger partial charge in [0, 0.05) is 12.3 Å². The van der Waals surface area contributed by atoms with Crippen LogP contribution in [0.4, 0.5) is 0 Å². The minimum Gasteiger partial charge on any atom is -0.481 e. The van der Waals surface area contributed by atoms with Gasteiger partial charge in [-0.1, -0.05) is 0 Å². The summed E-state index contributed by atoms with van der Waals surface area (Å²) in [5.41, 5.74) is 1.55. The Morgan fingerprint density at radius 3 is 2.69 bits per heavy atom. The number of hydrogen-bond acceptors (Lipinski definition) is 3. The second kappa shape index (κ2) is 3.77. The van der Waals surface area contributed by atoms with Crippen molar-refractivity contribution in [2.75, 3.05) is 6.61 Å². The van der Waals surface area contributed by atoms with Crippen molar-refractivity contribution in [2.45, 2.75) is 26.7 Å². The van der Waals surface area contributed by atoms with E-state index >= 15 is 0 Å². The summed E-state index contributed by atoms with van der Waals surface area (Å²) in [5.74, 6) is -0.257. The molecule has 1 fully saturated rings. The zero-order valence-corrected chi connectivity index (χ0v) is 9.49. The van der Waals surface area contributed by atoms with Crippen LogP contribution in [0, 0.1) is 19.3 Å². The van der Waals surface area contributed by atoms with Crippen molar-refractivity contribution in [3.05, 3.63) is 23.4 Å². The van der Waals surface area contributed by atoms with Crippen LogP contribution in [0.15, 0.2) is 12.3 Å². The molecule has 2 rings (SSSR count). The van der Waals surface area contributed by atoms with Gasteiger partial charge in [0.25, 0.3) is 0 Å². The molecule has 0 unspecified atom stereocenters. The van der Waals surface area contributed by atoms with Gasteiger partial charge in [-0.25, -0.2) is 4.98 Å². The Balaban J connectivity index is 2.00. The van der Waals surface area contributed by atoms with Crippen LogP contribution in [0.1, 0.15) is 24.0 Å². The normalized spacial score (nSPS) is 16.9. The number of carboxylic acids is 1. The number of carbonyl (C=O) groups is 1. The highest BCUT2D eigenvalue weighted by molar-refractivity contribution is 5.77. The van der Waals surface area contributed by atoms with Crippen molar-refractivity contribution in [2.24, 2.45) is 5.41 Å². The number of pyridine rings is 1. The first-order valence-corrected chi connectivity index (χ1v) is 5.33. The zero-order chi connectivity index (χ0) is 11.8. The number of aliphatic carboxylic acids is 1. The summed E-state index contributed by atoms with van der Waals surface area (Å²) >= 11 is 0. The fourth-order valence-corrected chi connectivity index (χ4v) is 1.46. The average Bonchev–Trinajstić information content (AvgIpc) is 3.01. The van der Waals surface area contributed by atoms with Gasteiger partial charge in [-0.2, -0.15) is 0 Å². The van der Waals surface area contributed by atoms with E-state index in [0.717, 1.165) is 11.1 Å². The predicted octanol–water partition coefficient (Wildman–Crippen LogP) is 1.94. The van der Waals surface area contributed by atoms with Crippen molar-refractivity contribution in [1.82, 2.24) is 4.98 Å². The van der Waals surface area contributed by atoms with Crippen LogP contribution in [-0.4, -0.2) is 22.7 Å². The SMILES string of the molecule is Cc1cnc(OCC2(C(=O)O)CC2)cc1C. The van der Waals surface area contributed by atoms with Gasteiger partial charge in [0.1, 0.15) is 12.0 Å². The molecule has 1 aromatic heterocycles. The molecule has 0 radical (unpaired) electrons. The predicted molar refractivity (Wildman–Crippen MR) is 58.5 cm³/mol. The zero-order valence-electron chi connectivity index (χ0n) is 9.49. The van der Waals surface area contributed by atoms with Crippen LogP contribution in [0.25, 0.3) is 0 Å². The Hall–Kier alpha value is -1.58. The minimum atomic E-state index is -0.767. The maximum Gasteiger partial charge on any atom is 0.313 e. The molecule has 16 heavy (non-hydrogen) atoms. The molecule has 0 saturated heterocycles. The highest BCUT2D eigenvalue weighted by Crippen LogP contribution is 2.46. The lowest BCUT2D eigenvalue weighted by molar-refractivity contribution is -0.144. The van der Waals surface area contributed by atoms with E-state index in [9.17, 15) is 4.79 Å². The number of rotatable bonds is 4. The molecule has 1 aliphatic carbocycles. The molecule has 4 heteroatoms. The third-order valence-corrected chi connectivity index (χ3v) is 3.15. The molecule has 4 nitrogen and oxygen atoms in total. The van der Waals surface area contributed by atoms with Crippen molar-refractivity contribution in [3.63, 3.8) is 0 Å². The molecule has 1 aromatic rings. The summed E-state index contributed by atoms with van der Waals surface area (Å²) < 4.78 is 5.44. The Morgan fingerprint density at radius 2 is 2.19 bits per heavy atom. The van der Waals surface area contributed by atoms with Gasteiger partial charge in [0.15, 0.2) is 0 Å². The van der Waals surface area contributed by atoms with E-state index in [1.165, 1.54) is 0 Å². The van der Waals surface area contributed by atoms with Crippen molar-refractivity contribution >= 4 is 5.97 Å². The molecule has 1 heterocycles. The molecule has 86 valence electrons. The van der Waals surface area contributed by atoms with Gasteiger partial charge in [-0.3, -0.25) is 4.79 Å². The molecule has 0 spiro atoms. The fourth-order valence-electron chi connectivity index (χ4n) is 1.46. The second-order valence-electron chi connectivity index (χ2n) is 4.48. The third kappa shape index (κ3) is 2.01. The number of hydrogen-bond donors (Lipinski definition) is 1. The molecule has 0 amide bonds. The average molecular weight is 221 g/mol. The van der Waals surface area contributed by atoms with Crippen LogP contribution in [0.2, 0.25) is 0 Å². The number of aromatic nitrogens is 1. The Morgan fingerprint density at radius 1 is 1.50 bits per heavy atom. The van der Waals surface area contributed by atoms with Crippen LogP contribution in [0.5, 0.6) is 5.88 Å². The van der Waals surface area contributed by atoms with Crippen molar-refractivity contribution < 1.29 is 14.6 Å². The lowest BCUT2D eigenvalue weighted by Gasteiger charge is -2.11. The third-order valence-electron chi connectivity index (χ3n) is 3.15. The van der Waals surface area contributed by atoms with Gasteiger partial charge in [0.2, 0.25) is 5.88 Å². The molecule has 1 N–H and O–H groups in total. The van der Waals surface area contributed by atoms with Crippen LogP contribution < -0.4 is 4.74 Å². The first kappa shape index (κ1) is 10.9. The largest absolute Gasteiger partial charge is 0.481 e. The summed E-state index contributed by atoms with van der Waals surface area (Å²) in [7, 11) is 0. The maximum atomic E-state index is 10.9. The summed E-state index contributed by atoms with van der Waals surface area (Å²) in [5, 5.41) is 8.98. The topological polar surface area (TPSA) is 59.4 Å². The number of carboxylic acid groups (broad SMARTS) is 1. The monoisotopic (exact) mass is 221 g/mol. The van der Waals surface area contributed by atoms with E-state index in [4.69, 9.17) is 9.84 Å². The molecule has 1 saturated carbocycles. The standard InChI is InChI=1S/C12H15NO3/c1-8-5-10(13-6-9(8)2)16-7-12(3-4-12)11(14)15/h5-6H,3-4,7H2,1-2H3,(H,14,15). The second-order valence-corrected chi connectivity index (χ2v) is 4.48. The Bertz CT molecular complexity index is 424. The summed E-state index contributed by atoms with van der Waals surface area (Å²) in [6.07, 6.45) is 3.14. The lowest BCUT2D eigenvalue weighted by Crippen LogP contribution is -2.23. The number of ether oxygens (including phenoxy) is 1. The highest BCUT2D eigenvalue weighted by atomic mass is 16.5. The van der Waals surface area contributed by atoms with Gasteiger partial charge in [-0.05, 0) is 37.8 Å². The maximum absolute atomic E-state index is 10.9.